The summed E-state index contributed by atoms with van der Waals surface area (Å²) >= 11 is 0. The van der Waals surface area contributed by atoms with Crippen LogP contribution in [0.15, 0.2) is 28.7 Å². The Morgan fingerprint density at radius 2 is 2.17 bits per heavy atom. The second-order valence-corrected chi connectivity index (χ2v) is 4.55. The van der Waals surface area contributed by atoms with Crippen LogP contribution in [0.4, 0.5) is 0 Å². The van der Waals surface area contributed by atoms with Crippen molar-refractivity contribution >= 4 is 16.9 Å². The third kappa shape index (κ3) is 2.38. The minimum absolute atomic E-state index is 0.0404. The van der Waals surface area contributed by atoms with Crippen molar-refractivity contribution in [3.8, 4) is 0 Å². The summed E-state index contributed by atoms with van der Waals surface area (Å²) in [6.07, 6.45) is 0. The maximum Gasteiger partial charge on any atom is 0.287 e. The molecule has 0 radical (unpaired) electrons. The number of aryl methyl sites for hydroxylation is 1. The molecule has 2 aromatic rings. The van der Waals surface area contributed by atoms with E-state index < -0.39 is 0 Å². The van der Waals surface area contributed by atoms with Crippen molar-refractivity contribution < 1.29 is 14.3 Å². The first kappa shape index (κ1) is 12.6. The fourth-order valence-corrected chi connectivity index (χ4v) is 1.80. The van der Waals surface area contributed by atoms with E-state index >= 15 is 0 Å². The largest absolute Gasteiger partial charge is 0.451 e. The van der Waals surface area contributed by atoms with E-state index in [1.807, 2.05) is 38.1 Å². The van der Waals surface area contributed by atoms with Crippen molar-refractivity contribution in [2.45, 2.75) is 13.8 Å². The van der Waals surface area contributed by atoms with Gasteiger partial charge in [-0.3, -0.25) is 4.79 Å². The summed E-state index contributed by atoms with van der Waals surface area (Å²) in [6.45, 7) is 4.23. The van der Waals surface area contributed by atoms with E-state index in [1.165, 1.54) is 0 Å². The number of nitrogens with one attached hydrogen (secondary N) is 1. The van der Waals surface area contributed by atoms with Gasteiger partial charge in [0, 0.05) is 24.1 Å². The van der Waals surface area contributed by atoms with Crippen LogP contribution in [0.1, 0.15) is 23.0 Å². The SMILES string of the molecule is Cc1c(C(=O)NCC(C)CO)oc2ccccc12. The molecule has 0 aliphatic rings. The number of amides is 1. The molecule has 0 fully saturated rings. The van der Waals surface area contributed by atoms with E-state index in [1.54, 1.807) is 0 Å². The topological polar surface area (TPSA) is 62.5 Å². The number of fused-ring (bicyclic) bond motifs is 1. The summed E-state index contributed by atoms with van der Waals surface area (Å²) in [6, 6.07) is 7.57. The summed E-state index contributed by atoms with van der Waals surface area (Å²) in [5, 5.41) is 12.6. The van der Waals surface area contributed by atoms with Crippen LogP contribution in [0.25, 0.3) is 11.0 Å². The standard InChI is InChI=1S/C14H17NO3/c1-9(8-16)7-15-14(17)13-10(2)11-5-3-4-6-12(11)18-13/h3-6,9,16H,7-8H2,1-2H3,(H,15,17). The Bertz CT molecular complexity index is 559. The zero-order valence-corrected chi connectivity index (χ0v) is 10.6. The van der Waals surface area contributed by atoms with Gasteiger partial charge in [0.1, 0.15) is 5.58 Å². The molecule has 0 aliphatic heterocycles. The highest BCUT2D eigenvalue weighted by molar-refractivity contribution is 5.98. The molecule has 18 heavy (non-hydrogen) atoms. The smallest absolute Gasteiger partial charge is 0.287 e. The highest BCUT2D eigenvalue weighted by Gasteiger charge is 2.17. The van der Waals surface area contributed by atoms with E-state index in [2.05, 4.69) is 5.32 Å². The molecular formula is C14H17NO3. The third-order valence-corrected chi connectivity index (χ3v) is 2.97. The number of hydrogen-bond donors (Lipinski definition) is 2. The average molecular weight is 247 g/mol. The number of benzene rings is 1. The normalized spacial score (nSPS) is 12.6. The molecule has 0 saturated carbocycles. The lowest BCUT2D eigenvalue weighted by atomic mass is 10.1. The number of rotatable bonds is 4. The zero-order chi connectivity index (χ0) is 13.1. The molecule has 96 valence electrons. The van der Waals surface area contributed by atoms with E-state index in [0.29, 0.717) is 12.3 Å². The van der Waals surface area contributed by atoms with Crippen molar-refractivity contribution in [3.63, 3.8) is 0 Å². The van der Waals surface area contributed by atoms with E-state index in [4.69, 9.17) is 9.52 Å². The van der Waals surface area contributed by atoms with Crippen LogP contribution in [-0.2, 0) is 0 Å². The Balaban J connectivity index is 2.20. The Hall–Kier alpha value is -1.81. The first-order valence-electron chi connectivity index (χ1n) is 6.00. The van der Waals surface area contributed by atoms with Gasteiger partial charge in [0.2, 0.25) is 0 Å². The molecule has 0 spiro atoms. The molecule has 2 N–H and O–H groups in total. The molecule has 1 amide bonds. The molecule has 1 aromatic carbocycles. The lowest BCUT2D eigenvalue weighted by Crippen LogP contribution is -2.29. The summed E-state index contributed by atoms with van der Waals surface area (Å²) in [5.41, 5.74) is 1.56. The van der Waals surface area contributed by atoms with Crippen molar-refractivity contribution in [1.82, 2.24) is 5.32 Å². The quantitative estimate of drug-likeness (QED) is 0.869. The maximum absolute atomic E-state index is 12.0. The number of para-hydroxylation sites is 1. The van der Waals surface area contributed by atoms with Crippen LogP contribution in [0.5, 0.6) is 0 Å². The molecule has 2 rings (SSSR count). The molecule has 1 atom stereocenters. The van der Waals surface area contributed by atoms with Crippen molar-refractivity contribution in [2.24, 2.45) is 5.92 Å². The van der Waals surface area contributed by atoms with Crippen LogP contribution < -0.4 is 5.32 Å². The summed E-state index contributed by atoms with van der Waals surface area (Å²) in [5.74, 6) is 0.156. The zero-order valence-electron chi connectivity index (χ0n) is 10.6. The Morgan fingerprint density at radius 3 is 2.83 bits per heavy atom. The first-order valence-corrected chi connectivity index (χ1v) is 6.00. The van der Waals surface area contributed by atoms with E-state index in [0.717, 1.165) is 16.5 Å². The number of aliphatic hydroxyl groups is 1. The molecule has 4 nitrogen and oxygen atoms in total. The van der Waals surface area contributed by atoms with Gasteiger partial charge in [-0.25, -0.2) is 0 Å². The minimum Gasteiger partial charge on any atom is -0.451 e. The third-order valence-electron chi connectivity index (χ3n) is 2.97. The molecular weight excluding hydrogens is 230 g/mol. The number of furan rings is 1. The first-order chi connectivity index (χ1) is 8.63. The molecule has 0 saturated heterocycles. The molecule has 4 heteroatoms. The van der Waals surface area contributed by atoms with Gasteiger partial charge in [-0.15, -0.1) is 0 Å². The molecule has 1 heterocycles. The van der Waals surface area contributed by atoms with Gasteiger partial charge in [0.25, 0.3) is 5.91 Å². The van der Waals surface area contributed by atoms with Crippen LogP contribution in [0.3, 0.4) is 0 Å². The maximum atomic E-state index is 12.0. The number of aliphatic hydroxyl groups excluding tert-OH is 1. The van der Waals surface area contributed by atoms with Gasteiger partial charge in [0.15, 0.2) is 5.76 Å². The monoisotopic (exact) mass is 247 g/mol. The fourth-order valence-electron chi connectivity index (χ4n) is 1.80. The van der Waals surface area contributed by atoms with Crippen LogP contribution in [0.2, 0.25) is 0 Å². The highest BCUT2D eigenvalue weighted by atomic mass is 16.3. The number of carbonyl (C=O) groups is 1. The molecule has 1 unspecified atom stereocenters. The lowest BCUT2D eigenvalue weighted by molar-refractivity contribution is 0.0916. The summed E-state index contributed by atoms with van der Waals surface area (Å²) in [4.78, 5) is 12.0. The second-order valence-electron chi connectivity index (χ2n) is 4.55. The van der Waals surface area contributed by atoms with Crippen LogP contribution in [-0.4, -0.2) is 24.2 Å². The van der Waals surface area contributed by atoms with Crippen molar-refractivity contribution in [3.05, 3.63) is 35.6 Å². The molecule has 0 bridgehead atoms. The van der Waals surface area contributed by atoms with Crippen molar-refractivity contribution in [1.29, 1.82) is 0 Å². The van der Waals surface area contributed by atoms with E-state index in [9.17, 15) is 4.79 Å². The van der Waals surface area contributed by atoms with Crippen molar-refractivity contribution in [2.75, 3.05) is 13.2 Å². The number of hydrogen-bond acceptors (Lipinski definition) is 3. The second kappa shape index (κ2) is 5.23. The molecule has 1 aromatic heterocycles. The average Bonchev–Trinajstić information content (AvgIpc) is 2.73. The summed E-state index contributed by atoms with van der Waals surface area (Å²) < 4.78 is 5.55. The molecule has 0 aliphatic carbocycles. The fraction of sp³-hybridized carbons (Fsp3) is 0.357. The van der Waals surface area contributed by atoms with Gasteiger partial charge in [-0.2, -0.15) is 0 Å². The van der Waals surface area contributed by atoms with Crippen LogP contribution in [0, 0.1) is 12.8 Å². The van der Waals surface area contributed by atoms with Gasteiger partial charge >= 0.3 is 0 Å². The highest BCUT2D eigenvalue weighted by Crippen LogP contribution is 2.24. The van der Waals surface area contributed by atoms with Gasteiger partial charge < -0.3 is 14.8 Å². The predicted molar refractivity (Wildman–Crippen MR) is 69.5 cm³/mol. The Kier molecular flexibility index (Phi) is 3.67. The Labute approximate surface area is 106 Å². The predicted octanol–water partition coefficient (Wildman–Crippen LogP) is 2.10. The van der Waals surface area contributed by atoms with E-state index in [-0.39, 0.29) is 18.4 Å². The van der Waals surface area contributed by atoms with Gasteiger partial charge in [-0.05, 0) is 18.9 Å². The minimum atomic E-state index is -0.232. The number of carbonyl (C=O) groups excluding carboxylic acids is 1. The Morgan fingerprint density at radius 1 is 1.44 bits per heavy atom. The lowest BCUT2D eigenvalue weighted by Gasteiger charge is -2.08. The van der Waals surface area contributed by atoms with Gasteiger partial charge in [-0.1, -0.05) is 25.1 Å². The van der Waals surface area contributed by atoms with Gasteiger partial charge in [0.05, 0.1) is 0 Å². The van der Waals surface area contributed by atoms with Crippen LogP contribution >= 0.6 is 0 Å². The summed E-state index contributed by atoms with van der Waals surface area (Å²) in [7, 11) is 0.